The number of aromatic nitrogens is 2. The number of para-hydroxylation sites is 2. The fourth-order valence-corrected chi connectivity index (χ4v) is 4.26. The molecule has 5 rings (SSSR count). The van der Waals surface area contributed by atoms with Crippen molar-refractivity contribution in [2.75, 3.05) is 13.1 Å². The molecule has 0 spiro atoms. The molecule has 4 nitrogen and oxygen atoms in total. The summed E-state index contributed by atoms with van der Waals surface area (Å²) in [6.45, 7) is 2.62. The first kappa shape index (κ1) is 17.0. The molecule has 4 aromatic rings. The molecular formula is C24H23N3O. The van der Waals surface area contributed by atoms with Crippen LogP contribution in [-0.2, 0) is 6.54 Å². The number of piperidine rings is 1. The Balaban J connectivity index is 1.25. The second kappa shape index (κ2) is 7.12. The first-order valence-corrected chi connectivity index (χ1v) is 9.96. The van der Waals surface area contributed by atoms with Crippen LogP contribution in [-0.4, -0.2) is 33.4 Å². The lowest BCUT2D eigenvalue weighted by atomic mass is 9.96. The van der Waals surface area contributed by atoms with E-state index in [2.05, 4.69) is 39.9 Å². The van der Waals surface area contributed by atoms with Gasteiger partial charge in [-0.05, 0) is 53.8 Å². The monoisotopic (exact) mass is 369 g/mol. The molecule has 0 bridgehead atoms. The summed E-state index contributed by atoms with van der Waals surface area (Å²) in [5.41, 5.74) is 3.03. The van der Waals surface area contributed by atoms with E-state index >= 15 is 0 Å². The maximum absolute atomic E-state index is 13.0. The Morgan fingerprint density at radius 1 is 0.929 bits per heavy atom. The van der Waals surface area contributed by atoms with Crippen LogP contribution in [0.1, 0.15) is 23.2 Å². The maximum Gasteiger partial charge on any atom is 0.253 e. The zero-order valence-corrected chi connectivity index (χ0v) is 15.8. The van der Waals surface area contributed by atoms with Crippen molar-refractivity contribution in [1.29, 1.82) is 0 Å². The Morgan fingerprint density at radius 2 is 1.68 bits per heavy atom. The number of hydrogen-bond acceptors (Lipinski definition) is 2. The van der Waals surface area contributed by atoms with Gasteiger partial charge in [-0.3, -0.25) is 4.79 Å². The van der Waals surface area contributed by atoms with E-state index < -0.39 is 0 Å². The highest BCUT2D eigenvalue weighted by atomic mass is 16.2. The molecule has 0 radical (unpaired) electrons. The van der Waals surface area contributed by atoms with Gasteiger partial charge in [0.25, 0.3) is 5.91 Å². The number of likely N-dealkylation sites (tertiary alicyclic amines) is 1. The van der Waals surface area contributed by atoms with Crippen LogP contribution in [0.15, 0.2) is 73.1 Å². The van der Waals surface area contributed by atoms with E-state index in [1.54, 1.807) is 0 Å². The van der Waals surface area contributed by atoms with Crippen molar-refractivity contribution in [3.8, 4) is 0 Å². The fraction of sp³-hybridized carbons (Fsp3) is 0.250. The minimum absolute atomic E-state index is 0.150. The molecule has 140 valence electrons. The Kier molecular flexibility index (Phi) is 4.32. The number of rotatable bonds is 3. The highest BCUT2D eigenvalue weighted by Crippen LogP contribution is 2.24. The summed E-state index contributed by atoms with van der Waals surface area (Å²) >= 11 is 0. The Morgan fingerprint density at radius 3 is 2.54 bits per heavy atom. The first-order valence-electron chi connectivity index (χ1n) is 9.96. The summed E-state index contributed by atoms with van der Waals surface area (Å²) in [7, 11) is 0. The molecule has 0 saturated carbocycles. The molecule has 1 saturated heterocycles. The third kappa shape index (κ3) is 3.15. The molecule has 0 N–H and O–H groups in total. The van der Waals surface area contributed by atoms with Crippen molar-refractivity contribution in [2.45, 2.75) is 19.4 Å². The van der Waals surface area contributed by atoms with Gasteiger partial charge in [0, 0.05) is 25.2 Å². The quantitative estimate of drug-likeness (QED) is 0.523. The lowest BCUT2D eigenvalue weighted by molar-refractivity contribution is 0.0683. The van der Waals surface area contributed by atoms with Gasteiger partial charge >= 0.3 is 0 Å². The molecular weight excluding hydrogens is 346 g/mol. The van der Waals surface area contributed by atoms with E-state index in [9.17, 15) is 4.79 Å². The van der Waals surface area contributed by atoms with Crippen LogP contribution in [0.5, 0.6) is 0 Å². The van der Waals surface area contributed by atoms with Gasteiger partial charge in [-0.15, -0.1) is 0 Å². The first-order chi connectivity index (χ1) is 13.8. The van der Waals surface area contributed by atoms with Gasteiger partial charge in [0.05, 0.1) is 17.4 Å². The van der Waals surface area contributed by atoms with Gasteiger partial charge in [-0.2, -0.15) is 0 Å². The maximum atomic E-state index is 13.0. The molecule has 0 atom stereocenters. The second-order valence-corrected chi connectivity index (χ2v) is 7.68. The lowest BCUT2D eigenvalue weighted by Crippen LogP contribution is -2.39. The zero-order chi connectivity index (χ0) is 18.9. The Labute approximate surface area is 164 Å². The van der Waals surface area contributed by atoms with Crippen molar-refractivity contribution in [3.05, 3.63) is 78.6 Å². The number of nitrogens with zero attached hydrogens (tertiary/aromatic N) is 3. The van der Waals surface area contributed by atoms with Crippen molar-refractivity contribution < 1.29 is 4.79 Å². The van der Waals surface area contributed by atoms with Gasteiger partial charge < -0.3 is 9.47 Å². The van der Waals surface area contributed by atoms with E-state index in [1.165, 1.54) is 10.9 Å². The summed E-state index contributed by atoms with van der Waals surface area (Å²) in [5, 5.41) is 2.29. The number of benzene rings is 3. The molecule has 1 aromatic heterocycles. The minimum atomic E-state index is 0.150. The predicted octanol–water partition coefficient (Wildman–Crippen LogP) is 4.74. The standard InChI is InChI=1S/C24H23N3O/c28-24(21-10-9-19-5-1-2-6-20(19)15-21)26-13-11-18(12-14-26)16-27-17-25-22-7-3-4-8-23(22)27/h1-10,15,17-18H,11-14,16H2. The molecule has 0 unspecified atom stereocenters. The Bertz CT molecular complexity index is 1140. The molecule has 1 fully saturated rings. The number of fused-ring (bicyclic) bond motifs is 2. The highest BCUT2D eigenvalue weighted by Gasteiger charge is 2.24. The van der Waals surface area contributed by atoms with E-state index in [4.69, 9.17) is 0 Å². The summed E-state index contributed by atoms with van der Waals surface area (Å²) in [6.07, 6.45) is 4.01. The van der Waals surface area contributed by atoms with E-state index in [0.717, 1.165) is 48.9 Å². The van der Waals surface area contributed by atoms with Gasteiger partial charge in [0.1, 0.15) is 0 Å². The van der Waals surface area contributed by atoms with Gasteiger partial charge in [-0.1, -0.05) is 42.5 Å². The van der Waals surface area contributed by atoms with Crippen molar-refractivity contribution in [1.82, 2.24) is 14.5 Å². The minimum Gasteiger partial charge on any atom is -0.339 e. The topological polar surface area (TPSA) is 38.1 Å². The van der Waals surface area contributed by atoms with E-state index in [-0.39, 0.29) is 5.91 Å². The third-order valence-electron chi connectivity index (χ3n) is 5.88. The molecule has 3 aromatic carbocycles. The van der Waals surface area contributed by atoms with Gasteiger partial charge in [-0.25, -0.2) is 4.98 Å². The molecule has 0 aliphatic carbocycles. The van der Waals surface area contributed by atoms with Crippen LogP contribution in [0.2, 0.25) is 0 Å². The summed E-state index contributed by atoms with van der Waals surface area (Å²) < 4.78 is 2.25. The number of imidazole rings is 1. The molecule has 2 heterocycles. The highest BCUT2D eigenvalue weighted by molar-refractivity contribution is 5.98. The smallest absolute Gasteiger partial charge is 0.253 e. The van der Waals surface area contributed by atoms with Crippen LogP contribution < -0.4 is 0 Å². The van der Waals surface area contributed by atoms with E-state index in [1.807, 2.05) is 47.6 Å². The largest absolute Gasteiger partial charge is 0.339 e. The van der Waals surface area contributed by atoms with Crippen molar-refractivity contribution in [2.24, 2.45) is 5.92 Å². The summed E-state index contributed by atoms with van der Waals surface area (Å²) in [5.74, 6) is 0.732. The van der Waals surface area contributed by atoms with Crippen LogP contribution in [0.25, 0.3) is 21.8 Å². The average Bonchev–Trinajstić information content (AvgIpc) is 3.16. The molecule has 1 aliphatic rings. The van der Waals surface area contributed by atoms with Crippen LogP contribution in [0, 0.1) is 5.92 Å². The molecule has 28 heavy (non-hydrogen) atoms. The van der Waals surface area contributed by atoms with Crippen LogP contribution >= 0.6 is 0 Å². The molecule has 4 heteroatoms. The molecule has 1 amide bonds. The van der Waals surface area contributed by atoms with Crippen LogP contribution in [0.3, 0.4) is 0 Å². The van der Waals surface area contributed by atoms with Crippen molar-refractivity contribution >= 4 is 27.7 Å². The average molecular weight is 369 g/mol. The molecule has 1 aliphatic heterocycles. The summed E-state index contributed by atoms with van der Waals surface area (Å²) in [6, 6.07) is 22.5. The summed E-state index contributed by atoms with van der Waals surface area (Å²) in [4.78, 5) is 19.4. The lowest BCUT2D eigenvalue weighted by Gasteiger charge is -2.32. The van der Waals surface area contributed by atoms with Gasteiger partial charge in [0.2, 0.25) is 0 Å². The number of hydrogen-bond donors (Lipinski definition) is 0. The Hall–Kier alpha value is -3.14. The fourth-order valence-electron chi connectivity index (χ4n) is 4.26. The van der Waals surface area contributed by atoms with Crippen molar-refractivity contribution in [3.63, 3.8) is 0 Å². The predicted molar refractivity (Wildman–Crippen MR) is 112 cm³/mol. The van der Waals surface area contributed by atoms with E-state index in [0.29, 0.717) is 5.92 Å². The number of carbonyl (C=O) groups excluding carboxylic acids is 1. The number of carbonyl (C=O) groups is 1. The number of amides is 1. The normalized spacial score (nSPS) is 15.4. The van der Waals surface area contributed by atoms with Gasteiger partial charge in [0.15, 0.2) is 0 Å². The second-order valence-electron chi connectivity index (χ2n) is 7.68. The SMILES string of the molecule is O=C(c1ccc2ccccc2c1)N1CCC(Cn2cnc3ccccc32)CC1. The third-order valence-corrected chi connectivity index (χ3v) is 5.88. The van der Waals surface area contributed by atoms with Crippen LogP contribution in [0.4, 0.5) is 0 Å². The zero-order valence-electron chi connectivity index (χ0n) is 15.8.